The van der Waals surface area contributed by atoms with Crippen LogP contribution in [0.25, 0.3) is 10.8 Å². The molecule has 0 aromatic heterocycles. The number of hydrogen-bond donors (Lipinski definition) is 1. The normalized spacial score (nSPS) is 23.8. The number of rotatable bonds is 2. The largest absolute Gasteiger partial charge is 0.368 e. The fraction of sp³-hybridized carbons (Fsp3) is 0.412. The van der Waals surface area contributed by atoms with Crippen molar-refractivity contribution >= 4 is 16.5 Å². The lowest BCUT2D eigenvalue weighted by Crippen LogP contribution is -2.58. The molecule has 1 aliphatic rings. The third-order valence-electron chi connectivity index (χ3n) is 4.35. The van der Waals surface area contributed by atoms with Gasteiger partial charge in [0.2, 0.25) is 0 Å². The molecule has 2 aromatic carbocycles. The second-order valence-electron chi connectivity index (χ2n) is 5.79. The summed E-state index contributed by atoms with van der Waals surface area (Å²) in [6.07, 6.45) is 1.16. The van der Waals surface area contributed by atoms with E-state index in [2.05, 4.69) is 66.5 Å². The molecule has 1 aliphatic heterocycles. The van der Waals surface area contributed by atoms with Crippen molar-refractivity contribution in [2.45, 2.75) is 25.8 Å². The van der Waals surface area contributed by atoms with Gasteiger partial charge < -0.3 is 10.2 Å². The first-order chi connectivity index (χ1) is 9.20. The van der Waals surface area contributed by atoms with Crippen LogP contribution in [0.4, 0.5) is 5.69 Å². The van der Waals surface area contributed by atoms with Gasteiger partial charge in [-0.25, -0.2) is 0 Å². The van der Waals surface area contributed by atoms with Crippen LogP contribution >= 0.6 is 0 Å². The van der Waals surface area contributed by atoms with Gasteiger partial charge >= 0.3 is 0 Å². The second-order valence-corrected chi connectivity index (χ2v) is 5.79. The average Bonchev–Trinajstić information content (AvgIpc) is 2.47. The van der Waals surface area contributed by atoms with Crippen LogP contribution in [0.15, 0.2) is 42.5 Å². The van der Waals surface area contributed by atoms with Crippen molar-refractivity contribution in [2.24, 2.45) is 0 Å². The zero-order valence-corrected chi connectivity index (χ0v) is 11.8. The number of nitrogens with zero attached hydrogens (tertiary/aromatic N) is 1. The minimum absolute atomic E-state index is 0.240. The van der Waals surface area contributed by atoms with Crippen molar-refractivity contribution in [1.82, 2.24) is 5.32 Å². The van der Waals surface area contributed by atoms with E-state index in [0.717, 1.165) is 26.1 Å². The number of anilines is 1. The Bertz CT molecular complexity index is 578. The summed E-state index contributed by atoms with van der Waals surface area (Å²) in [6.45, 7) is 7.82. The summed E-state index contributed by atoms with van der Waals surface area (Å²) >= 11 is 0. The van der Waals surface area contributed by atoms with Gasteiger partial charge in [0.1, 0.15) is 0 Å². The Labute approximate surface area is 115 Å². The zero-order chi connectivity index (χ0) is 13.3. The first-order valence-electron chi connectivity index (χ1n) is 7.19. The summed E-state index contributed by atoms with van der Waals surface area (Å²) in [7, 11) is 0. The molecular formula is C17H22N2. The summed E-state index contributed by atoms with van der Waals surface area (Å²) in [5.74, 6) is 0. The molecule has 1 fully saturated rings. The SMILES string of the molecule is CCC1(C)CN(c2ccc3ccccc3c2)CCN1. The predicted octanol–water partition coefficient (Wildman–Crippen LogP) is 3.42. The van der Waals surface area contributed by atoms with E-state index in [1.54, 1.807) is 0 Å². The summed E-state index contributed by atoms with van der Waals surface area (Å²) in [4.78, 5) is 2.51. The minimum Gasteiger partial charge on any atom is -0.368 e. The Morgan fingerprint density at radius 1 is 1.16 bits per heavy atom. The zero-order valence-electron chi connectivity index (χ0n) is 11.8. The topological polar surface area (TPSA) is 15.3 Å². The number of piperazine rings is 1. The van der Waals surface area contributed by atoms with Gasteiger partial charge in [0, 0.05) is 30.9 Å². The highest BCUT2D eigenvalue weighted by atomic mass is 15.2. The summed E-state index contributed by atoms with van der Waals surface area (Å²) in [6, 6.07) is 15.4. The van der Waals surface area contributed by atoms with Crippen LogP contribution in [0.2, 0.25) is 0 Å². The highest BCUT2D eigenvalue weighted by Gasteiger charge is 2.28. The third kappa shape index (κ3) is 2.45. The molecule has 1 N–H and O–H groups in total. The summed E-state index contributed by atoms with van der Waals surface area (Å²) in [5.41, 5.74) is 1.59. The van der Waals surface area contributed by atoms with Crippen LogP contribution in [-0.2, 0) is 0 Å². The monoisotopic (exact) mass is 254 g/mol. The third-order valence-corrected chi connectivity index (χ3v) is 4.35. The molecule has 0 saturated carbocycles. The molecule has 100 valence electrons. The maximum Gasteiger partial charge on any atom is 0.0373 e. The van der Waals surface area contributed by atoms with Gasteiger partial charge in [-0.2, -0.15) is 0 Å². The first kappa shape index (κ1) is 12.5. The molecular weight excluding hydrogens is 232 g/mol. The van der Waals surface area contributed by atoms with E-state index in [0.29, 0.717) is 0 Å². The molecule has 2 heteroatoms. The first-order valence-corrected chi connectivity index (χ1v) is 7.19. The van der Waals surface area contributed by atoms with Crippen LogP contribution in [0, 0.1) is 0 Å². The maximum absolute atomic E-state index is 3.64. The highest BCUT2D eigenvalue weighted by Crippen LogP contribution is 2.25. The minimum atomic E-state index is 0.240. The van der Waals surface area contributed by atoms with E-state index in [9.17, 15) is 0 Å². The molecule has 3 rings (SSSR count). The van der Waals surface area contributed by atoms with Crippen LogP contribution in [-0.4, -0.2) is 25.2 Å². The van der Waals surface area contributed by atoms with Crippen molar-refractivity contribution in [1.29, 1.82) is 0 Å². The number of fused-ring (bicyclic) bond motifs is 1. The lowest BCUT2D eigenvalue weighted by molar-refractivity contribution is 0.314. The van der Waals surface area contributed by atoms with Crippen molar-refractivity contribution in [2.75, 3.05) is 24.5 Å². The molecule has 19 heavy (non-hydrogen) atoms. The molecule has 0 amide bonds. The Morgan fingerprint density at radius 3 is 2.74 bits per heavy atom. The fourth-order valence-electron chi connectivity index (χ4n) is 2.88. The van der Waals surface area contributed by atoms with Gasteiger partial charge in [0.25, 0.3) is 0 Å². The molecule has 1 saturated heterocycles. The second kappa shape index (κ2) is 4.86. The van der Waals surface area contributed by atoms with Gasteiger partial charge in [0.05, 0.1) is 0 Å². The highest BCUT2D eigenvalue weighted by molar-refractivity contribution is 5.85. The molecule has 1 unspecified atom stereocenters. The van der Waals surface area contributed by atoms with Gasteiger partial charge in [0.15, 0.2) is 0 Å². The molecule has 0 radical (unpaired) electrons. The molecule has 0 spiro atoms. The lowest BCUT2D eigenvalue weighted by Gasteiger charge is -2.42. The standard InChI is InChI=1S/C17H22N2/c1-3-17(2)13-19(11-10-18-17)16-9-8-14-6-4-5-7-15(14)12-16/h4-9,12,18H,3,10-11,13H2,1-2H3. The van der Waals surface area contributed by atoms with Crippen LogP contribution in [0.5, 0.6) is 0 Å². The molecule has 1 atom stereocenters. The van der Waals surface area contributed by atoms with Crippen molar-refractivity contribution in [3.05, 3.63) is 42.5 Å². The lowest BCUT2D eigenvalue weighted by atomic mass is 9.95. The van der Waals surface area contributed by atoms with Crippen molar-refractivity contribution in [3.63, 3.8) is 0 Å². The molecule has 2 nitrogen and oxygen atoms in total. The number of nitrogens with one attached hydrogen (secondary N) is 1. The Morgan fingerprint density at radius 2 is 1.95 bits per heavy atom. The molecule has 2 aromatic rings. The van der Waals surface area contributed by atoms with E-state index in [-0.39, 0.29) is 5.54 Å². The van der Waals surface area contributed by atoms with Gasteiger partial charge in [-0.15, -0.1) is 0 Å². The Kier molecular flexibility index (Phi) is 3.19. The van der Waals surface area contributed by atoms with E-state index in [1.165, 1.54) is 16.5 Å². The Hall–Kier alpha value is -1.54. The van der Waals surface area contributed by atoms with E-state index < -0.39 is 0 Å². The van der Waals surface area contributed by atoms with E-state index in [1.807, 2.05) is 0 Å². The van der Waals surface area contributed by atoms with Crippen LogP contribution < -0.4 is 10.2 Å². The Balaban J connectivity index is 1.91. The predicted molar refractivity (Wildman–Crippen MR) is 82.9 cm³/mol. The number of benzene rings is 2. The van der Waals surface area contributed by atoms with Crippen LogP contribution in [0.1, 0.15) is 20.3 Å². The fourth-order valence-corrected chi connectivity index (χ4v) is 2.88. The summed E-state index contributed by atoms with van der Waals surface area (Å²) < 4.78 is 0. The average molecular weight is 254 g/mol. The van der Waals surface area contributed by atoms with E-state index >= 15 is 0 Å². The van der Waals surface area contributed by atoms with Gasteiger partial charge in [-0.1, -0.05) is 37.3 Å². The van der Waals surface area contributed by atoms with Crippen LogP contribution in [0.3, 0.4) is 0 Å². The van der Waals surface area contributed by atoms with Gasteiger partial charge in [-0.3, -0.25) is 0 Å². The maximum atomic E-state index is 3.64. The van der Waals surface area contributed by atoms with E-state index in [4.69, 9.17) is 0 Å². The number of hydrogen-bond acceptors (Lipinski definition) is 2. The quantitative estimate of drug-likeness (QED) is 0.883. The van der Waals surface area contributed by atoms with Crippen molar-refractivity contribution < 1.29 is 0 Å². The smallest absolute Gasteiger partial charge is 0.0373 e. The van der Waals surface area contributed by atoms with Gasteiger partial charge in [-0.05, 0) is 36.2 Å². The molecule has 0 aliphatic carbocycles. The molecule has 1 heterocycles. The van der Waals surface area contributed by atoms with Crippen molar-refractivity contribution in [3.8, 4) is 0 Å². The molecule has 0 bridgehead atoms. The summed E-state index contributed by atoms with van der Waals surface area (Å²) in [5, 5.41) is 6.29.